The highest BCUT2D eigenvalue weighted by molar-refractivity contribution is 6.48. The SMILES string of the molecule is C=Cc1cccc2c1C(=O)N([SiH2]COC(COC)(OC)OC)C2=O. The van der Waals surface area contributed by atoms with Crippen molar-refractivity contribution in [3.8, 4) is 0 Å². The fourth-order valence-corrected chi connectivity index (χ4v) is 3.88. The Labute approximate surface area is 143 Å². The first-order chi connectivity index (χ1) is 11.5. The summed E-state index contributed by atoms with van der Waals surface area (Å²) in [5.74, 6) is -1.93. The molecule has 2 amide bonds. The monoisotopic (exact) mass is 351 g/mol. The van der Waals surface area contributed by atoms with Crippen LogP contribution >= 0.6 is 0 Å². The molecule has 1 heterocycles. The van der Waals surface area contributed by atoms with Gasteiger partial charge in [-0.1, -0.05) is 24.8 Å². The van der Waals surface area contributed by atoms with Crippen LogP contribution in [0, 0.1) is 0 Å². The van der Waals surface area contributed by atoms with E-state index in [-0.39, 0.29) is 24.7 Å². The highest BCUT2D eigenvalue weighted by Gasteiger charge is 2.37. The maximum Gasteiger partial charge on any atom is 0.307 e. The van der Waals surface area contributed by atoms with E-state index in [1.807, 2.05) is 0 Å². The van der Waals surface area contributed by atoms with Gasteiger partial charge in [-0.15, -0.1) is 0 Å². The Morgan fingerprint density at radius 1 is 1.21 bits per heavy atom. The minimum atomic E-state index is -1.35. The molecule has 1 aromatic carbocycles. The van der Waals surface area contributed by atoms with Gasteiger partial charge >= 0.3 is 5.97 Å². The second kappa shape index (κ2) is 7.82. The predicted molar refractivity (Wildman–Crippen MR) is 90.2 cm³/mol. The second-order valence-corrected chi connectivity index (χ2v) is 6.60. The molecule has 1 aliphatic rings. The molecule has 0 saturated carbocycles. The maximum atomic E-state index is 12.6. The average Bonchev–Trinajstić information content (AvgIpc) is 2.85. The summed E-state index contributed by atoms with van der Waals surface area (Å²) in [5.41, 5.74) is 1.48. The number of hydrogen-bond donors (Lipinski definition) is 0. The van der Waals surface area contributed by atoms with Crippen LogP contribution in [-0.2, 0) is 18.9 Å². The third-order valence-corrected chi connectivity index (χ3v) is 5.24. The first-order valence-electron chi connectivity index (χ1n) is 7.38. The molecule has 0 atom stereocenters. The van der Waals surface area contributed by atoms with Gasteiger partial charge < -0.3 is 23.5 Å². The van der Waals surface area contributed by atoms with Gasteiger partial charge in [0.25, 0.3) is 11.8 Å². The van der Waals surface area contributed by atoms with Gasteiger partial charge in [0, 0.05) is 21.3 Å². The van der Waals surface area contributed by atoms with Gasteiger partial charge in [-0.2, -0.15) is 0 Å². The van der Waals surface area contributed by atoms with E-state index in [0.29, 0.717) is 16.7 Å². The van der Waals surface area contributed by atoms with Gasteiger partial charge in [0.2, 0.25) is 0 Å². The number of fused-ring (bicyclic) bond motifs is 1. The number of benzene rings is 1. The number of imide groups is 1. The minimum Gasteiger partial charge on any atom is -0.376 e. The molecule has 0 saturated heterocycles. The highest BCUT2D eigenvalue weighted by Crippen LogP contribution is 2.26. The third-order valence-electron chi connectivity index (χ3n) is 3.83. The summed E-state index contributed by atoms with van der Waals surface area (Å²) in [6.07, 6.45) is 1.75. The van der Waals surface area contributed by atoms with Crippen LogP contribution in [0.25, 0.3) is 6.08 Å². The largest absolute Gasteiger partial charge is 0.376 e. The fourth-order valence-electron chi connectivity index (χ4n) is 2.56. The normalized spacial score (nSPS) is 14.7. The standard InChI is InChI=1S/C16H21NO6Si/c1-5-11-7-6-8-12-13(11)15(19)17(14(12)18)24-10-23-16(21-3,22-4)9-20-2/h5-8H,1,9-10,24H2,2-4H3. The van der Waals surface area contributed by atoms with E-state index < -0.39 is 15.7 Å². The van der Waals surface area contributed by atoms with Crippen LogP contribution in [0.15, 0.2) is 24.8 Å². The summed E-state index contributed by atoms with van der Waals surface area (Å²) in [6.45, 7) is 3.75. The third kappa shape index (κ3) is 3.33. The van der Waals surface area contributed by atoms with Crippen molar-refractivity contribution in [1.82, 2.24) is 4.57 Å². The molecule has 0 aliphatic carbocycles. The van der Waals surface area contributed by atoms with Crippen molar-refractivity contribution in [3.05, 3.63) is 41.5 Å². The summed E-state index contributed by atoms with van der Waals surface area (Å²) in [7, 11) is 3.01. The number of carbonyl (C=O) groups excluding carboxylic acids is 2. The van der Waals surface area contributed by atoms with Crippen molar-refractivity contribution in [2.75, 3.05) is 34.2 Å². The van der Waals surface area contributed by atoms with Gasteiger partial charge in [0.15, 0.2) is 9.68 Å². The molecule has 0 aromatic heterocycles. The van der Waals surface area contributed by atoms with Crippen LogP contribution < -0.4 is 0 Å². The zero-order valence-electron chi connectivity index (χ0n) is 14.0. The Hall–Kier alpha value is -1.84. The summed E-state index contributed by atoms with van der Waals surface area (Å²) in [5, 5.41) is 0. The van der Waals surface area contributed by atoms with Crippen molar-refractivity contribution in [1.29, 1.82) is 0 Å². The number of ether oxygens (including phenoxy) is 4. The summed E-state index contributed by atoms with van der Waals surface area (Å²) >= 11 is 0. The molecule has 130 valence electrons. The Morgan fingerprint density at radius 3 is 2.50 bits per heavy atom. The Bertz CT molecular complexity index is 643. The molecule has 0 bridgehead atoms. The van der Waals surface area contributed by atoms with Crippen molar-refractivity contribution in [2.24, 2.45) is 0 Å². The molecule has 0 unspecified atom stereocenters. The Morgan fingerprint density at radius 2 is 1.92 bits per heavy atom. The minimum absolute atomic E-state index is 0.0666. The number of methoxy groups -OCH3 is 3. The molecular formula is C16H21NO6Si. The first kappa shape index (κ1) is 18.5. The number of hydrogen-bond acceptors (Lipinski definition) is 6. The first-order valence-corrected chi connectivity index (χ1v) is 9.01. The van der Waals surface area contributed by atoms with Gasteiger partial charge in [0.05, 0.1) is 17.4 Å². The topological polar surface area (TPSA) is 74.3 Å². The van der Waals surface area contributed by atoms with Crippen molar-refractivity contribution in [2.45, 2.75) is 5.97 Å². The lowest BCUT2D eigenvalue weighted by atomic mass is 10.0. The van der Waals surface area contributed by atoms with Crippen LogP contribution in [0.1, 0.15) is 26.3 Å². The molecule has 0 fully saturated rings. The number of carbonyl (C=O) groups is 2. The van der Waals surface area contributed by atoms with Gasteiger partial charge in [-0.25, -0.2) is 0 Å². The lowest BCUT2D eigenvalue weighted by Gasteiger charge is -2.29. The maximum absolute atomic E-state index is 12.6. The molecule has 24 heavy (non-hydrogen) atoms. The van der Waals surface area contributed by atoms with Crippen LogP contribution in [0.2, 0.25) is 0 Å². The van der Waals surface area contributed by atoms with E-state index in [9.17, 15) is 9.59 Å². The van der Waals surface area contributed by atoms with E-state index in [0.717, 1.165) is 0 Å². The molecule has 8 heteroatoms. The molecule has 1 aromatic rings. The predicted octanol–water partition coefficient (Wildman–Crippen LogP) is 0.577. The molecule has 2 rings (SSSR count). The summed E-state index contributed by atoms with van der Waals surface area (Å²) in [6, 6.07) is 5.15. The lowest BCUT2D eigenvalue weighted by Crippen LogP contribution is -2.45. The molecule has 0 spiro atoms. The number of nitrogens with zero attached hydrogens (tertiary/aromatic N) is 1. The van der Waals surface area contributed by atoms with Crippen LogP contribution in [0.4, 0.5) is 0 Å². The molecule has 7 nitrogen and oxygen atoms in total. The van der Waals surface area contributed by atoms with Crippen molar-refractivity contribution in [3.63, 3.8) is 0 Å². The van der Waals surface area contributed by atoms with Gasteiger partial charge in [0.1, 0.15) is 6.61 Å². The zero-order chi connectivity index (χ0) is 17.7. The van der Waals surface area contributed by atoms with Gasteiger partial charge in [-0.05, 0) is 11.6 Å². The summed E-state index contributed by atoms with van der Waals surface area (Å²) < 4.78 is 22.3. The molecular weight excluding hydrogens is 330 g/mol. The highest BCUT2D eigenvalue weighted by atomic mass is 28.2. The van der Waals surface area contributed by atoms with Crippen LogP contribution in [-0.4, -0.2) is 66.2 Å². The smallest absolute Gasteiger partial charge is 0.307 e. The number of amides is 2. The van der Waals surface area contributed by atoms with E-state index in [1.54, 1.807) is 24.3 Å². The molecule has 1 aliphatic heterocycles. The second-order valence-electron chi connectivity index (χ2n) is 5.11. The Kier molecular flexibility index (Phi) is 6.03. The van der Waals surface area contributed by atoms with Gasteiger partial charge in [-0.3, -0.25) is 9.59 Å². The molecule has 0 N–H and O–H groups in total. The van der Waals surface area contributed by atoms with Crippen molar-refractivity contribution >= 4 is 27.6 Å². The average molecular weight is 351 g/mol. The van der Waals surface area contributed by atoms with E-state index >= 15 is 0 Å². The van der Waals surface area contributed by atoms with E-state index in [4.69, 9.17) is 18.9 Å². The van der Waals surface area contributed by atoms with Crippen molar-refractivity contribution < 1.29 is 28.5 Å². The number of rotatable bonds is 9. The summed E-state index contributed by atoms with van der Waals surface area (Å²) in [4.78, 5) is 25.0. The Balaban J connectivity index is 2.09. The zero-order valence-corrected chi connectivity index (χ0v) is 15.4. The lowest BCUT2D eigenvalue weighted by molar-refractivity contribution is -0.370. The van der Waals surface area contributed by atoms with Crippen LogP contribution in [0.5, 0.6) is 0 Å². The van der Waals surface area contributed by atoms with E-state index in [2.05, 4.69) is 6.58 Å². The molecule has 0 radical (unpaired) electrons. The quantitative estimate of drug-likeness (QED) is 0.368. The fraction of sp³-hybridized carbons (Fsp3) is 0.375. The van der Waals surface area contributed by atoms with E-state index in [1.165, 1.54) is 25.9 Å². The van der Waals surface area contributed by atoms with Crippen LogP contribution in [0.3, 0.4) is 0 Å².